The largest absolute Gasteiger partial charge is 0.240 e. The normalized spacial score (nSPS) is 17.7. The predicted octanol–water partition coefficient (Wildman–Crippen LogP) is 3.43. The monoisotopic (exact) mass is 234 g/mol. The Morgan fingerprint density at radius 2 is 2.06 bits per heavy atom. The van der Waals surface area contributed by atoms with Crippen LogP contribution in [0.15, 0.2) is 0 Å². The molecule has 0 bridgehead atoms. The van der Waals surface area contributed by atoms with Gasteiger partial charge in [0, 0.05) is 5.69 Å². The molecule has 0 aliphatic heterocycles. The van der Waals surface area contributed by atoms with Crippen LogP contribution in [-0.4, -0.2) is 4.98 Å². The van der Waals surface area contributed by atoms with Gasteiger partial charge in [-0.3, -0.25) is 0 Å². The molecule has 0 amide bonds. The van der Waals surface area contributed by atoms with Crippen molar-refractivity contribution < 1.29 is 0 Å². The second-order valence-electron chi connectivity index (χ2n) is 5.27. The number of hydrogen-bond acceptors (Lipinski definition) is 2. The van der Waals surface area contributed by atoms with Gasteiger partial charge < -0.3 is 0 Å². The molecule has 0 saturated heterocycles. The third kappa shape index (κ3) is 1.81. The lowest BCUT2D eigenvalue weighted by molar-refractivity contribution is 0.313. The highest BCUT2D eigenvalue weighted by molar-refractivity contribution is 6.30. The van der Waals surface area contributed by atoms with Crippen LogP contribution in [0.4, 0.5) is 0 Å². The summed E-state index contributed by atoms with van der Waals surface area (Å²) >= 11 is 6.00. The van der Waals surface area contributed by atoms with Crippen LogP contribution in [0.5, 0.6) is 0 Å². The summed E-state index contributed by atoms with van der Waals surface area (Å²) in [6.07, 6.45) is 3.04. The third-order valence-corrected chi connectivity index (χ3v) is 3.67. The lowest BCUT2D eigenvalue weighted by Gasteiger charge is -2.32. The van der Waals surface area contributed by atoms with Crippen molar-refractivity contribution in [2.24, 2.45) is 5.41 Å². The fraction of sp³-hybridized carbons (Fsp3) is 0.538. The van der Waals surface area contributed by atoms with E-state index in [2.05, 4.69) is 24.9 Å². The minimum Gasteiger partial charge on any atom is -0.240 e. The van der Waals surface area contributed by atoms with E-state index >= 15 is 0 Å². The second-order valence-corrected chi connectivity index (χ2v) is 5.63. The first-order chi connectivity index (χ1) is 7.44. The summed E-state index contributed by atoms with van der Waals surface area (Å²) in [5, 5.41) is 9.48. The predicted molar refractivity (Wildman–Crippen MR) is 64.5 cm³/mol. The zero-order chi connectivity index (χ0) is 11.9. The summed E-state index contributed by atoms with van der Waals surface area (Å²) < 4.78 is 0. The van der Waals surface area contributed by atoms with Crippen molar-refractivity contribution in [2.75, 3.05) is 0 Å². The van der Waals surface area contributed by atoms with E-state index in [1.807, 2.05) is 6.92 Å². The number of aryl methyl sites for hydroxylation is 1. The summed E-state index contributed by atoms with van der Waals surface area (Å²) in [4.78, 5) is 4.27. The Hall–Kier alpha value is -1.07. The molecule has 16 heavy (non-hydrogen) atoms. The Kier molecular flexibility index (Phi) is 2.67. The number of fused-ring (bicyclic) bond motifs is 1. The molecule has 0 atom stereocenters. The van der Waals surface area contributed by atoms with Crippen molar-refractivity contribution in [3.05, 3.63) is 27.5 Å². The van der Waals surface area contributed by atoms with E-state index in [9.17, 15) is 0 Å². The Morgan fingerprint density at radius 3 is 2.69 bits per heavy atom. The first kappa shape index (κ1) is 11.4. The molecule has 84 valence electrons. The first-order valence-electron chi connectivity index (χ1n) is 5.52. The second kappa shape index (κ2) is 3.75. The molecule has 0 fully saturated rings. The Morgan fingerprint density at radius 1 is 1.38 bits per heavy atom. The molecule has 1 aromatic heterocycles. The summed E-state index contributed by atoms with van der Waals surface area (Å²) in [5.74, 6) is 0. The molecule has 0 N–H and O–H groups in total. The summed E-state index contributed by atoms with van der Waals surface area (Å²) in [5.41, 5.74) is 4.22. The zero-order valence-electron chi connectivity index (χ0n) is 9.89. The van der Waals surface area contributed by atoms with Gasteiger partial charge in [0.25, 0.3) is 0 Å². The highest BCUT2D eigenvalue weighted by Gasteiger charge is 2.29. The smallest absolute Gasteiger partial charge is 0.147 e. The number of halogens is 1. The maximum absolute atomic E-state index is 9.12. The molecule has 1 aliphatic rings. The van der Waals surface area contributed by atoms with Crippen LogP contribution in [0.1, 0.15) is 42.7 Å². The molecule has 3 heteroatoms. The number of nitrogens with zero attached hydrogens (tertiary/aromatic N) is 2. The number of nitriles is 1. The van der Waals surface area contributed by atoms with E-state index in [4.69, 9.17) is 16.9 Å². The van der Waals surface area contributed by atoms with Gasteiger partial charge in [0.05, 0.1) is 5.56 Å². The van der Waals surface area contributed by atoms with E-state index in [1.165, 1.54) is 5.56 Å². The number of hydrogen-bond donors (Lipinski definition) is 0. The fourth-order valence-corrected chi connectivity index (χ4v) is 2.70. The van der Waals surface area contributed by atoms with Crippen LogP contribution >= 0.6 is 11.6 Å². The Labute approximate surface area is 101 Å². The van der Waals surface area contributed by atoms with E-state index in [0.717, 1.165) is 30.5 Å². The third-order valence-electron chi connectivity index (χ3n) is 3.39. The number of aromatic nitrogens is 1. The van der Waals surface area contributed by atoms with Crippen LogP contribution in [0.3, 0.4) is 0 Å². The first-order valence-corrected chi connectivity index (χ1v) is 5.90. The molecule has 0 radical (unpaired) electrons. The van der Waals surface area contributed by atoms with Crippen molar-refractivity contribution in [1.82, 2.24) is 4.98 Å². The van der Waals surface area contributed by atoms with Gasteiger partial charge in [-0.1, -0.05) is 25.4 Å². The van der Waals surface area contributed by atoms with Crippen LogP contribution < -0.4 is 0 Å². The van der Waals surface area contributed by atoms with E-state index in [0.29, 0.717) is 16.1 Å². The molecule has 1 aliphatic carbocycles. The van der Waals surface area contributed by atoms with Gasteiger partial charge in [0.15, 0.2) is 0 Å². The average molecular weight is 235 g/mol. The van der Waals surface area contributed by atoms with Crippen LogP contribution in [0.25, 0.3) is 0 Å². The lowest BCUT2D eigenvalue weighted by atomic mass is 9.73. The molecule has 0 saturated carbocycles. The van der Waals surface area contributed by atoms with E-state index in [-0.39, 0.29) is 0 Å². The standard InChI is InChI=1S/C13H15ClN2/c1-8-10-6-13(2,3)5-4-9(10)11(7-15)12(14)16-8/h4-6H2,1-3H3. The zero-order valence-corrected chi connectivity index (χ0v) is 10.6. The summed E-state index contributed by atoms with van der Waals surface area (Å²) in [6, 6.07) is 2.18. The van der Waals surface area contributed by atoms with Crippen molar-refractivity contribution in [1.29, 1.82) is 5.26 Å². The molecule has 0 aromatic carbocycles. The summed E-state index contributed by atoms with van der Waals surface area (Å²) in [7, 11) is 0. The van der Waals surface area contributed by atoms with Crippen LogP contribution in [-0.2, 0) is 12.8 Å². The number of rotatable bonds is 0. The molecular formula is C13H15ClN2. The molecule has 0 unspecified atom stereocenters. The van der Waals surface area contributed by atoms with Gasteiger partial charge in [-0.2, -0.15) is 5.26 Å². The molecular weight excluding hydrogens is 220 g/mol. The van der Waals surface area contributed by atoms with Crippen molar-refractivity contribution in [3.8, 4) is 6.07 Å². The van der Waals surface area contributed by atoms with Crippen molar-refractivity contribution in [2.45, 2.75) is 40.0 Å². The van der Waals surface area contributed by atoms with Gasteiger partial charge >= 0.3 is 0 Å². The van der Waals surface area contributed by atoms with Gasteiger partial charge in [0.2, 0.25) is 0 Å². The van der Waals surface area contributed by atoms with E-state index < -0.39 is 0 Å². The van der Waals surface area contributed by atoms with Gasteiger partial charge in [-0.25, -0.2) is 4.98 Å². The minimum atomic E-state index is 0.306. The fourth-order valence-electron chi connectivity index (χ4n) is 2.42. The lowest BCUT2D eigenvalue weighted by Crippen LogP contribution is -2.24. The van der Waals surface area contributed by atoms with Gasteiger partial charge in [0.1, 0.15) is 11.2 Å². The molecule has 2 rings (SSSR count). The summed E-state index contributed by atoms with van der Waals surface area (Å²) in [6.45, 7) is 6.50. The quantitative estimate of drug-likeness (QED) is 0.645. The maximum Gasteiger partial charge on any atom is 0.147 e. The highest BCUT2D eigenvalue weighted by atomic mass is 35.5. The molecule has 2 nitrogen and oxygen atoms in total. The SMILES string of the molecule is Cc1nc(Cl)c(C#N)c2c1CC(C)(C)CC2. The van der Waals surface area contributed by atoms with Gasteiger partial charge in [-0.05, 0) is 42.7 Å². The van der Waals surface area contributed by atoms with Gasteiger partial charge in [-0.15, -0.1) is 0 Å². The maximum atomic E-state index is 9.12. The van der Waals surface area contributed by atoms with Crippen LogP contribution in [0.2, 0.25) is 5.15 Å². The van der Waals surface area contributed by atoms with E-state index in [1.54, 1.807) is 0 Å². The highest BCUT2D eigenvalue weighted by Crippen LogP contribution is 2.38. The molecule has 0 spiro atoms. The molecule has 1 heterocycles. The average Bonchev–Trinajstić information content (AvgIpc) is 2.19. The van der Waals surface area contributed by atoms with Crippen molar-refractivity contribution >= 4 is 11.6 Å². The Bertz CT molecular complexity index is 484. The van der Waals surface area contributed by atoms with Crippen LogP contribution in [0, 0.1) is 23.7 Å². The number of pyridine rings is 1. The minimum absolute atomic E-state index is 0.306. The molecule has 1 aromatic rings. The topological polar surface area (TPSA) is 36.7 Å². The Balaban J connectivity index is 2.63. The van der Waals surface area contributed by atoms with Crippen molar-refractivity contribution in [3.63, 3.8) is 0 Å².